The van der Waals surface area contributed by atoms with Crippen molar-refractivity contribution in [2.45, 2.75) is 6.42 Å². The van der Waals surface area contributed by atoms with Gasteiger partial charge in [-0.1, -0.05) is 18.2 Å². The largest absolute Gasteiger partial charge is 0.484 e. The van der Waals surface area contributed by atoms with E-state index in [1.54, 1.807) is 16.1 Å². The van der Waals surface area contributed by atoms with Gasteiger partial charge in [-0.3, -0.25) is 4.79 Å². The molecule has 26 heavy (non-hydrogen) atoms. The molecule has 1 aromatic heterocycles. The van der Waals surface area contributed by atoms with Crippen LogP contribution in [0, 0.1) is 0 Å². The van der Waals surface area contributed by atoms with Crippen LogP contribution in [0.2, 0.25) is 0 Å². The van der Waals surface area contributed by atoms with Crippen LogP contribution in [-0.4, -0.2) is 61.1 Å². The van der Waals surface area contributed by atoms with Gasteiger partial charge in [-0.25, -0.2) is 4.79 Å². The zero-order valence-corrected chi connectivity index (χ0v) is 14.6. The average molecular weight is 357 g/mol. The van der Waals surface area contributed by atoms with Gasteiger partial charge in [0.15, 0.2) is 6.61 Å². The van der Waals surface area contributed by atoms with E-state index in [0.717, 1.165) is 5.76 Å². The van der Waals surface area contributed by atoms with Crippen LogP contribution in [0.25, 0.3) is 0 Å². The lowest BCUT2D eigenvalue weighted by molar-refractivity contribution is -0.134. The summed E-state index contributed by atoms with van der Waals surface area (Å²) in [6.07, 6.45) is 2.28. The zero-order valence-electron chi connectivity index (χ0n) is 14.6. The van der Waals surface area contributed by atoms with E-state index in [2.05, 4.69) is 5.32 Å². The van der Waals surface area contributed by atoms with Crippen molar-refractivity contribution in [2.24, 2.45) is 0 Å². The molecule has 1 aromatic carbocycles. The minimum Gasteiger partial charge on any atom is -0.484 e. The normalized spacial score (nSPS) is 14.2. The van der Waals surface area contributed by atoms with Gasteiger partial charge in [0.25, 0.3) is 5.91 Å². The van der Waals surface area contributed by atoms with Crippen LogP contribution < -0.4 is 10.1 Å². The molecule has 7 nitrogen and oxygen atoms in total. The lowest BCUT2D eigenvalue weighted by Gasteiger charge is -2.34. The Morgan fingerprint density at radius 2 is 1.73 bits per heavy atom. The molecule has 3 amide bonds. The Morgan fingerprint density at radius 3 is 2.42 bits per heavy atom. The molecule has 7 heteroatoms. The van der Waals surface area contributed by atoms with Crippen molar-refractivity contribution in [3.05, 3.63) is 54.5 Å². The highest BCUT2D eigenvalue weighted by Crippen LogP contribution is 2.09. The van der Waals surface area contributed by atoms with Gasteiger partial charge < -0.3 is 24.3 Å². The number of para-hydroxylation sites is 1. The fourth-order valence-electron chi connectivity index (χ4n) is 2.77. The molecule has 0 radical (unpaired) electrons. The Kier molecular flexibility index (Phi) is 6.14. The van der Waals surface area contributed by atoms with E-state index in [1.807, 2.05) is 42.5 Å². The van der Waals surface area contributed by atoms with Crippen molar-refractivity contribution in [1.29, 1.82) is 0 Å². The average Bonchev–Trinajstić information content (AvgIpc) is 3.20. The predicted molar refractivity (Wildman–Crippen MR) is 95.9 cm³/mol. The maximum atomic E-state index is 12.2. The molecule has 2 aromatic rings. The number of carbonyl (C=O) groups is 2. The number of amides is 3. The van der Waals surface area contributed by atoms with E-state index in [1.165, 1.54) is 0 Å². The number of hydrogen-bond donors (Lipinski definition) is 1. The smallest absolute Gasteiger partial charge is 0.317 e. The van der Waals surface area contributed by atoms with Crippen molar-refractivity contribution in [1.82, 2.24) is 15.1 Å². The first kappa shape index (κ1) is 17.8. The number of urea groups is 1. The summed E-state index contributed by atoms with van der Waals surface area (Å²) >= 11 is 0. The van der Waals surface area contributed by atoms with Crippen molar-refractivity contribution in [3.63, 3.8) is 0 Å². The topological polar surface area (TPSA) is 75.0 Å². The van der Waals surface area contributed by atoms with Crippen LogP contribution in [0.4, 0.5) is 4.79 Å². The van der Waals surface area contributed by atoms with E-state index in [-0.39, 0.29) is 18.5 Å². The first-order valence-electron chi connectivity index (χ1n) is 8.73. The van der Waals surface area contributed by atoms with Crippen LogP contribution in [-0.2, 0) is 11.2 Å². The first-order chi connectivity index (χ1) is 12.7. The molecule has 0 unspecified atom stereocenters. The summed E-state index contributed by atoms with van der Waals surface area (Å²) in [6.45, 7) is 2.61. The van der Waals surface area contributed by atoms with Gasteiger partial charge in [0.05, 0.1) is 6.26 Å². The summed E-state index contributed by atoms with van der Waals surface area (Å²) in [5.41, 5.74) is 0. The molecular formula is C19H23N3O4. The Morgan fingerprint density at radius 1 is 1.00 bits per heavy atom. The van der Waals surface area contributed by atoms with Gasteiger partial charge in [-0.15, -0.1) is 0 Å². The molecule has 1 N–H and O–H groups in total. The second-order valence-corrected chi connectivity index (χ2v) is 6.03. The second kappa shape index (κ2) is 8.94. The molecule has 0 spiro atoms. The van der Waals surface area contributed by atoms with Crippen LogP contribution in [0.3, 0.4) is 0 Å². The van der Waals surface area contributed by atoms with Gasteiger partial charge in [-0.2, -0.15) is 0 Å². The van der Waals surface area contributed by atoms with Gasteiger partial charge in [0.2, 0.25) is 0 Å². The van der Waals surface area contributed by atoms with Crippen LogP contribution in [0.1, 0.15) is 5.76 Å². The maximum absolute atomic E-state index is 12.2. The molecule has 1 saturated heterocycles. The molecular weight excluding hydrogens is 334 g/mol. The number of rotatable bonds is 6. The minimum absolute atomic E-state index is 0.0133. The van der Waals surface area contributed by atoms with Crippen LogP contribution >= 0.6 is 0 Å². The predicted octanol–water partition coefficient (Wildman–Crippen LogP) is 1.75. The molecule has 3 rings (SSSR count). The fourth-order valence-corrected chi connectivity index (χ4v) is 2.77. The summed E-state index contributed by atoms with van der Waals surface area (Å²) in [7, 11) is 0. The lowest BCUT2D eigenvalue weighted by atomic mass is 10.3. The van der Waals surface area contributed by atoms with E-state index < -0.39 is 0 Å². The maximum Gasteiger partial charge on any atom is 0.317 e. The molecule has 2 heterocycles. The Labute approximate surface area is 152 Å². The monoisotopic (exact) mass is 357 g/mol. The molecule has 1 fully saturated rings. The third kappa shape index (κ3) is 5.02. The van der Waals surface area contributed by atoms with E-state index in [4.69, 9.17) is 9.15 Å². The third-order valence-corrected chi connectivity index (χ3v) is 4.25. The highest BCUT2D eigenvalue weighted by atomic mass is 16.5. The number of piperazine rings is 1. The molecule has 0 atom stereocenters. The molecule has 0 aliphatic carbocycles. The van der Waals surface area contributed by atoms with Crippen molar-refractivity contribution < 1.29 is 18.7 Å². The number of ether oxygens (including phenoxy) is 1. The number of carbonyl (C=O) groups excluding carboxylic acids is 2. The van der Waals surface area contributed by atoms with E-state index >= 15 is 0 Å². The SMILES string of the molecule is O=C(COc1ccccc1)N1CCN(C(=O)NCCc2ccco2)CC1. The van der Waals surface area contributed by atoms with Crippen molar-refractivity contribution in [3.8, 4) is 5.75 Å². The third-order valence-electron chi connectivity index (χ3n) is 4.25. The summed E-state index contributed by atoms with van der Waals surface area (Å²) in [5, 5.41) is 2.88. The van der Waals surface area contributed by atoms with Crippen LogP contribution in [0.15, 0.2) is 53.1 Å². The quantitative estimate of drug-likeness (QED) is 0.855. The van der Waals surface area contributed by atoms with E-state index in [0.29, 0.717) is 44.9 Å². The van der Waals surface area contributed by atoms with Gasteiger partial charge >= 0.3 is 6.03 Å². The molecule has 138 valence electrons. The number of nitrogens with one attached hydrogen (secondary N) is 1. The summed E-state index contributed by atoms with van der Waals surface area (Å²) in [5.74, 6) is 1.46. The first-order valence-corrected chi connectivity index (χ1v) is 8.73. The van der Waals surface area contributed by atoms with Crippen molar-refractivity contribution in [2.75, 3.05) is 39.3 Å². The Bertz CT molecular complexity index is 695. The zero-order chi connectivity index (χ0) is 18.2. The second-order valence-electron chi connectivity index (χ2n) is 6.03. The number of benzene rings is 1. The number of nitrogens with zero attached hydrogens (tertiary/aromatic N) is 2. The highest BCUT2D eigenvalue weighted by Gasteiger charge is 2.24. The number of furan rings is 1. The standard InChI is InChI=1S/C19H23N3O4/c23-18(15-26-16-5-2-1-3-6-16)21-10-12-22(13-11-21)19(24)20-9-8-17-7-4-14-25-17/h1-7,14H,8-13,15H2,(H,20,24). The van der Waals surface area contributed by atoms with Crippen LogP contribution in [0.5, 0.6) is 5.75 Å². The number of hydrogen-bond acceptors (Lipinski definition) is 4. The summed E-state index contributed by atoms with van der Waals surface area (Å²) in [4.78, 5) is 27.9. The van der Waals surface area contributed by atoms with Gasteiger partial charge in [0.1, 0.15) is 11.5 Å². The van der Waals surface area contributed by atoms with E-state index in [9.17, 15) is 9.59 Å². The molecule has 1 aliphatic rings. The molecule has 1 aliphatic heterocycles. The Hall–Kier alpha value is -2.96. The molecule has 0 saturated carbocycles. The highest BCUT2D eigenvalue weighted by molar-refractivity contribution is 5.79. The molecule has 0 bridgehead atoms. The lowest BCUT2D eigenvalue weighted by Crippen LogP contribution is -2.54. The van der Waals surface area contributed by atoms with Crippen molar-refractivity contribution >= 4 is 11.9 Å². The fraction of sp³-hybridized carbons (Fsp3) is 0.368. The summed E-state index contributed by atoms with van der Waals surface area (Å²) in [6, 6.07) is 12.9. The minimum atomic E-state index is -0.107. The summed E-state index contributed by atoms with van der Waals surface area (Å²) < 4.78 is 10.7. The Balaban J connectivity index is 1.35. The van der Waals surface area contributed by atoms with Gasteiger partial charge in [-0.05, 0) is 24.3 Å². The van der Waals surface area contributed by atoms with Gasteiger partial charge in [0, 0.05) is 39.1 Å².